The normalized spacial score (nSPS) is 12.3. The first kappa shape index (κ1) is 27.3. The highest BCUT2D eigenvalue weighted by atomic mass is 35.5. The van der Waals surface area contributed by atoms with E-state index in [1.807, 2.05) is 0 Å². The van der Waals surface area contributed by atoms with Crippen LogP contribution in [0.5, 0.6) is 0 Å². The number of rotatable bonds is 9. The van der Waals surface area contributed by atoms with Crippen molar-refractivity contribution >= 4 is 40.2 Å². The highest BCUT2D eigenvalue weighted by Gasteiger charge is 2.29. The Bertz CT molecular complexity index is 1250. The molecule has 2 aromatic carbocycles. The van der Waals surface area contributed by atoms with Crippen molar-refractivity contribution in [1.82, 2.24) is 15.4 Å². The predicted molar refractivity (Wildman–Crippen MR) is 132 cm³/mol. The Hall–Kier alpha value is -3.34. The van der Waals surface area contributed by atoms with E-state index in [1.165, 1.54) is 42.4 Å². The third-order valence-corrected chi connectivity index (χ3v) is 5.68. The first-order chi connectivity index (χ1) is 16.9. The van der Waals surface area contributed by atoms with Gasteiger partial charge in [-0.2, -0.15) is 0 Å². The number of amides is 2. The first-order valence-corrected chi connectivity index (χ1v) is 11.5. The Morgan fingerprint density at radius 1 is 1.19 bits per heavy atom. The molecule has 8 nitrogen and oxygen atoms in total. The number of hydrogen-bond acceptors (Lipinski definition) is 6. The fourth-order valence-corrected chi connectivity index (χ4v) is 3.86. The Labute approximate surface area is 212 Å². The van der Waals surface area contributed by atoms with E-state index < -0.39 is 35.3 Å². The van der Waals surface area contributed by atoms with Gasteiger partial charge in [-0.1, -0.05) is 35.9 Å². The summed E-state index contributed by atoms with van der Waals surface area (Å²) in [4.78, 5) is 28.9. The molecule has 192 valence electrons. The molecule has 11 heteroatoms. The van der Waals surface area contributed by atoms with E-state index in [0.29, 0.717) is 10.9 Å². The molecule has 0 saturated carbocycles. The van der Waals surface area contributed by atoms with Crippen LogP contribution in [0.15, 0.2) is 48.7 Å². The van der Waals surface area contributed by atoms with E-state index in [-0.39, 0.29) is 35.8 Å². The first-order valence-electron chi connectivity index (χ1n) is 11.1. The van der Waals surface area contributed by atoms with Gasteiger partial charge in [0.15, 0.2) is 0 Å². The number of benzene rings is 2. The van der Waals surface area contributed by atoms with Gasteiger partial charge in [0.1, 0.15) is 24.1 Å². The Kier molecular flexibility index (Phi) is 8.78. The molecule has 0 fully saturated rings. The van der Waals surface area contributed by atoms with Crippen molar-refractivity contribution in [1.29, 1.82) is 0 Å². The molecule has 3 rings (SSSR count). The fourth-order valence-electron chi connectivity index (χ4n) is 3.67. The number of hydrogen-bond donors (Lipinski definition) is 3. The van der Waals surface area contributed by atoms with Gasteiger partial charge in [-0.25, -0.2) is 24.0 Å². The third-order valence-electron chi connectivity index (χ3n) is 5.26. The van der Waals surface area contributed by atoms with Crippen LogP contribution in [0.3, 0.4) is 0 Å². The molecule has 1 atom stereocenters. The van der Waals surface area contributed by atoms with Crippen LogP contribution in [-0.2, 0) is 16.1 Å². The minimum atomic E-state index is -1.21. The average molecular weight is 521 g/mol. The second kappa shape index (κ2) is 11.6. The summed E-state index contributed by atoms with van der Waals surface area (Å²) < 4.78 is 33.1. The summed E-state index contributed by atoms with van der Waals surface area (Å²) in [5.41, 5.74) is 2.08. The standard InChI is InChI=1S/C25H27ClF2N4O4/c1-15(33)32(30-13-17-7-5-9-21(28)23(17)26)18(11-25(2,3)35)14-36-24(34)31-22-10-19-16(12-29-22)6-4-8-20(19)27/h4-10,12,18,30,35H,11,13-14H2,1-3H3,(H,29,31,34)/t18-/m0/s1. The lowest BCUT2D eigenvalue weighted by Crippen LogP contribution is -2.52. The van der Waals surface area contributed by atoms with Crippen LogP contribution in [0.4, 0.5) is 19.4 Å². The number of carbonyl (C=O) groups is 2. The van der Waals surface area contributed by atoms with Crippen LogP contribution in [0.1, 0.15) is 32.8 Å². The van der Waals surface area contributed by atoms with Crippen LogP contribution in [0.2, 0.25) is 5.02 Å². The largest absolute Gasteiger partial charge is 0.447 e. The number of fused-ring (bicyclic) bond motifs is 1. The summed E-state index contributed by atoms with van der Waals surface area (Å²) in [6, 6.07) is 9.45. The van der Waals surface area contributed by atoms with Gasteiger partial charge in [-0.15, -0.1) is 0 Å². The maximum atomic E-state index is 14.1. The average Bonchev–Trinajstić information content (AvgIpc) is 2.79. The maximum absolute atomic E-state index is 14.1. The van der Waals surface area contributed by atoms with Crippen molar-refractivity contribution in [3.05, 3.63) is 70.9 Å². The number of aliphatic hydroxyl groups is 1. The van der Waals surface area contributed by atoms with Gasteiger partial charge in [0.2, 0.25) is 5.91 Å². The maximum Gasteiger partial charge on any atom is 0.412 e. The molecule has 3 N–H and O–H groups in total. The molecule has 0 radical (unpaired) electrons. The lowest BCUT2D eigenvalue weighted by molar-refractivity contribution is -0.138. The van der Waals surface area contributed by atoms with Gasteiger partial charge >= 0.3 is 6.09 Å². The number of ether oxygens (including phenoxy) is 1. The number of nitrogens with zero attached hydrogens (tertiary/aromatic N) is 2. The molecule has 0 aliphatic rings. The van der Waals surface area contributed by atoms with Crippen molar-refractivity contribution in [2.45, 2.75) is 45.4 Å². The molecule has 0 aliphatic carbocycles. The number of pyridine rings is 1. The zero-order valence-electron chi connectivity index (χ0n) is 20.0. The van der Waals surface area contributed by atoms with Gasteiger partial charge < -0.3 is 9.84 Å². The minimum Gasteiger partial charge on any atom is -0.447 e. The number of anilines is 1. The molecular weight excluding hydrogens is 494 g/mol. The van der Waals surface area contributed by atoms with Gasteiger partial charge in [0, 0.05) is 36.9 Å². The molecule has 3 aromatic rings. The van der Waals surface area contributed by atoms with Crippen molar-refractivity contribution in [3.8, 4) is 0 Å². The van der Waals surface area contributed by atoms with Crippen LogP contribution >= 0.6 is 11.6 Å². The molecule has 0 aliphatic heterocycles. The number of carbonyl (C=O) groups excluding carboxylic acids is 2. The summed E-state index contributed by atoms with van der Waals surface area (Å²) in [7, 11) is 0. The summed E-state index contributed by atoms with van der Waals surface area (Å²) in [6.45, 7) is 4.12. The Morgan fingerprint density at radius 2 is 1.89 bits per heavy atom. The quantitative estimate of drug-likeness (QED) is 0.350. The van der Waals surface area contributed by atoms with Gasteiger partial charge in [-0.3, -0.25) is 15.1 Å². The molecule has 0 unspecified atom stereocenters. The van der Waals surface area contributed by atoms with Gasteiger partial charge in [0.25, 0.3) is 0 Å². The summed E-state index contributed by atoms with van der Waals surface area (Å²) in [5, 5.41) is 14.8. The monoisotopic (exact) mass is 520 g/mol. The molecule has 2 amide bonds. The van der Waals surface area contributed by atoms with Crippen LogP contribution in [0.25, 0.3) is 10.8 Å². The topological polar surface area (TPSA) is 104 Å². The SMILES string of the molecule is CC(=O)N(NCc1cccc(F)c1Cl)[C@H](COC(=O)Nc1cc2c(F)cccc2cn1)CC(C)(C)O. The Morgan fingerprint density at radius 3 is 2.58 bits per heavy atom. The number of nitrogens with one attached hydrogen (secondary N) is 2. The van der Waals surface area contributed by atoms with E-state index in [1.54, 1.807) is 32.0 Å². The van der Waals surface area contributed by atoms with Gasteiger partial charge in [0.05, 0.1) is 16.7 Å². The third kappa shape index (κ3) is 7.33. The molecule has 1 heterocycles. The second-order valence-electron chi connectivity index (χ2n) is 8.86. The van der Waals surface area contributed by atoms with Crippen molar-refractivity contribution in [2.24, 2.45) is 0 Å². The van der Waals surface area contributed by atoms with E-state index in [0.717, 1.165) is 0 Å². The van der Waals surface area contributed by atoms with E-state index in [9.17, 15) is 23.5 Å². The fraction of sp³-hybridized carbons (Fsp3) is 0.320. The van der Waals surface area contributed by atoms with Crippen molar-refractivity contribution in [3.63, 3.8) is 0 Å². The van der Waals surface area contributed by atoms with Crippen LogP contribution < -0.4 is 10.7 Å². The summed E-state index contributed by atoms with van der Waals surface area (Å²) in [6.07, 6.45) is 0.586. The lowest BCUT2D eigenvalue weighted by atomic mass is 9.99. The highest BCUT2D eigenvalue weighted by molar-refractivity contribution is 6.31. The molecular formula is C25H27ClF2N4O4. The van der Waals surface area contributed by atoms with E-state index >= 15 is 0 Å². The highest BCUT2D eigenvalue weighted by Crippen LogP contribution is 2.22. The molecule has 0 bridgehead atoms. The number of halogens is 3. The Balaban J connectivity index is 1.70. The smallest absolute Gasteiger partial charge is 0.412 e. The second-order valence-corrected chi connectivity index (χ2v) is 9.24. The lowest BCUT2D eigenvalue weighted by Gasteiger charge is -2.34. The molecule has 36 heavy (non-hydrogen) atoms. The van der Waals surface area contributed by atoms with Crippen molar-refractivity contribution in [2.75, 3.05) is 11.9 Å². The molecule has 1 aromatic heterocycles. The number of hydrazine groups is 1. The molecule has 0 spiro atoms. The summed E-state index contributed by atoms with van der Waals surface area (Å²) in [5.74, 6) is -1.40. The van der Waals surface area contributed by atoms with E-state index in [2.05, 4.69) is 15.7 Å². The summed E-state index contributed by atoms with van der Waals surface area (Å²) >= 11 is 6.00. The van der Waals surface area contributed by atoms with Crippen LogP contribution in [-0.4, -0.2) is 45.3 Å². The molecule has 0 saturated heterocycles. The zero-order chi connectivity index (χ0) is 26.5. The van der Waals surface area contributed by atoms with E-state index in [4.69, 9.17) is 16.3 Å². The van der Waals surface area contributed by atoms with Crippen molar-refractivity contribution < 1.29 is 28.2 Å². The van der Waals surface area contributed by atoms with Gasteiger partial charge in [-0.05, 0) is 37.6 Å². The number of aromatic nitrogens is 1. The minimum absolute atomic E-state index is 0.0112. The zero-order valence-corrected chi connectivity index (χ0v) is 20.8. The van der Waals surface area contributed by atoms with Crippen LogP contribution in [0, 0.1) is 11.6 Å². The predicted octanol–water partition coefficient (Wildman–Crippen LogP) is 4.80.